The molecule has 2 heterocycles. The van der Waals surface area contributed by atoms with Crippen LogP contribution >= 0.6 is 0 Å². The van der Waals surface area contributed by atoms with Crippen LogP contribution in [0.3, 0.4) is 0 Å². The first-order valence-corrected chi connectivity index (χ1v) is 6.67. The summed E-state index contributed by atoms with van der Waals surface area (Å²) in [5, 5.41) is 6.62. The molecular formula is C14H19N3O. The van der Waals surface area contributed by atoms with Crippen molar-refractivity contribution in [2.24, 2.45) is 0 Å². The van der Waals surface area contributed by atoms with Crippen LogP contribution in [0.15, 0.2) is 24.3 Å². The van der Waals surface area contributed by atoms with Crippen molar-refractivity contribution in [2.75, 3.05) is 24.5 Å². The molecule has 2 aliphatic heterocycles. The Morgan fingerprint density at radius 1 is 1.39 bits per heavy atom. The van der Waals surface area contributed by atoms with Crippen molar-refractivity contribution in [2.45, 2.75) is 25.4 Å². The minimum atomic E-state index is -0.238. The lowest BCUT2D eigenvalue weighted by atomic mass is 9.92. The topological polar surface area (TPSA) is 44.4 Å². The van der Waals surface area contributed by atoms with Crippen LogP contribution in [0.25, 0.3) is 0 Å². The van der Waals surface area contributed by atoms with E-state index in [9.17, 15) is 4.79 Å². The Hall–Kier alpha value is -1.55. The molecule has 3 rings (SSSR count). The van der Waals surface area contributed by atoms with Crippen molar-refractivity contribution in [1.29, 1.82) is 0 Å². The van der Waals surface area contributed by atoms with E-state index in [0.29, 0.717) is 0 Å². The summed E-state index contributed by atoms with van der Waals surface area (Å²) in [5.41, 5.74) is 1.61. The van der Waals surface area contributed by atoms with Crippen molar-refractivity contribution >= 4 is 11.6 Å². The first kappa shape index (κ1) is 11.5. The van der Waals surface area contributed by atoms with Gasteiger partial charge in [0.05, 0.1) is 11.3 Å². The molecule has 0 bridgehead atoms. The van der Waals surface area contributed by atoms with Crippen LogP contribution in [-0.4, -0.2) is 31.2 Å². The van der Waals surface area contributed by atoms with Crippen LogP contribution in [0.4, 0.5) is 5.69 Å². The molecule has 2 aliphatic rings. The van der Waals surface area contributed by atoms with E-state index in [-0.39, 0.29) is 11.6 Å². The summed E-state index contributed by atoms with van der Waals surface area (Å²) >= 11 is 0. The third kappa shape index (κ3) is 1.60. The number of amides is 1. The smallest absolute Gasteiger partial charge is 0.255 e. The van der Waals surface area contributed by atoms with Crippen LogP contribution in [0.1, 0.15) is 30.1 Å². The third-order valence-corrected chi connectivity index (χ3v) is 3.98. The van der Waals surface area contributed by atoms with Crippen molar-refractivity contribution < 1.29 is 4.79 Å². The predicted octanol–water partition coefficient (Wildman–Crippen LogP) is 1.34. The van der Waals surface area contributed by atoms with E-state index in [4.69, 9.17) is 0 Å². The fraction of sp³-hybridized carbons (Fsp3) is 0.500. The highest BCUT2D eigenvalue weighted by molar-refractivity contribution is 6.02. The van der Waals surface area contributed by atoms with Crippen molar-refractivity contribution in [3.8, 4) is 0 Å². The van der Waals surface area contributed by atoms with Gasteiger partial charge in [-0.05, 0) is 38.4 Å². The zero-order valence-electron chi connectivity index (χ0n) is 10.7. The predicted molar refractivity (Wildman–Crippen MR) is 71.8 cm³/mol. The zero-order valence-corrected chi connectivity index (χ0v) is 10.7. The number of para-hydroxylation sites is 1. The van der Waals surface area contributed by atoms with E-state index in [1.54, 1.807) is 0 Å². The molecule has 1 amide bonds. The van der Waals surface area contributed by atoms with E-state index < -0.39 is 0 Å². The average molecular weight is 245 g/mol. The summed E-state index contributed by atoms with van der Waals surface area (Å²) in [6, 6.07) is 7.87. The van der Waals surface area contributed by atoms with E-state index in [0.717, 1.165) is 43.7 Å². The fourth-order valence-electron chi connectivity index (χ4n) is 3.18. The number of anilines is 1. The Bertz CT molecular complexity index is 466. The summed E-state index contributed by atoms with van der Waals surface area (Å²) in [6.45, 7) is 4.90. The molecule has 96 valence electrons. The molecule has 0 saturated carbocycles. The maximum atomic E-state index is 12.3. The van der Waals surface area contributed by atoms with E-state index in [1.807, 2.05) is 24.3 Å². The molecule has 0 radical (unpaired) electrons. The molecule has 1 fully saturated rings. The quantitative estimate of drug-likeness (QED) is 0.784. The first-order chi connectivity index (χ1) is 8.77. The number of hydrogen-bond donors (Lipinski definition) is 2. The zero-order chi connectivity index (χ0) is 12.6. The molecule has 4 nitrogen and oxygen atoms in total. The molecule has 1 saturated heterocycles. The average Bonchev–Trinajstić information content (AvgIpc) is 2.40. The summed E-state index contributed by atoms with van der Waals surface area (Å²) in [5.74, 6) is 0.0546. The Morgan fingerprint density at radius 2 is 2.22 bits per heavy atom. The van der Waals surface area contributed by atoms with Gasteiger partial charge >= 0.3 is 0 Å². The lowest BCUT2D eigenvalue weighted by Gasteiger charge is -2.51. The largest absolute Gasteiger partial charge is 0.347 e. The second-order valence-corrected chi connectivity index (χ2v) is 5.03. The number of carbonyl (C=O) groups excluding carboxylic acids is 1. The fourth-order valence-corrected chi connectivity index (χ4v) is 3.18. The number of likely N-dealkylation sites (N-methyl/N-ethyl adjacent to an activating group) is 1. The Balaban J connectivity index is 2.07. The molecule has 1 aromatic rings. The first-order valence-electron chi connectivity index (χ1n) is 6.67. The summed E-state index contributed by atoms with van der Waals surface area (Å²) in [4.78, 5) is 14.6. The van der Waals surface area contributed by atoms with Gasteiger partial charge in [-0.2, -0.15) is 0 Å². The van der Waals surface area contributed by atoms with Gasteiger partial charge in [0.2, 0.25) is 0 Å². The third-order valence-electron chi connectivity index (χ3n) is 3.98. The SMILES string of the molecule is CCN1c2ccccc2C(=O)NC12CCCNC2. The molecule has 0 aliphatic carbocycles. The highest BCUT2D eigenvalue weighted by Crippen LogP contribution is 2.34. The normalized spacial score (nSPS) is 26.9. The number of fused-ring (bicyclic) bond motifs is 1. The number of carbonyl (C=O) groups is 1. The highest BCUT2D eigenvalue weighted by atomic mass is 16.2. The molecule has 1 atom stereocenters. The van der Waals surface area contributed by atoms with Crippen LogP contribution in [0, 0.1) is 0 Å². The summed E-state index contributed by atoms with van der Waals surface area (Å²) in [6.07, 6.45) is 2.10. The highest BCUT2D eigenvalue weighted by Gasteiger charge is 2.43. The van der Waals surface area contributed by atoms with Gasteiger partial charge < -0.3 is 15.5 Å². The van der Waals surface area contributed by atoms with E-state index >= 15 is 0 Å². The second kappa shape index (κ2) is 4.28. The molecule has 1 unspecified atom stereocenters. The second-order valence-electron chi connectivity index (χ2n) is 5.03. The number of piperidine rings is 1. The van der Waals surface area contributed by atoms with Gasteiger partial charge in [0.1, 0.15) is 5.66 Å². The Labute approximate surface area is 107 Å². The number of rotatable bonds is 1. The van der Waals surface area contributed by atoms with Gasteiger partial charge in [-0.1, -0.05) is 12.1 Å². The number of hydrogen-bond acceptors (Lipinski definition) is 3. The van der Waals surface area contributed by atoms with Gasteiger partial charge in [-0.3, -0.25) is 4.79 Å². The molecule has 0 aromatic heterocycles. The van der Waals surface area contributed by atoms with E-state index in [2.05, 4.69) is 22.5 Å². The Morgan fingerprint density at radius 3 is 2.94 bits per heavy atom. The van der Waals surface area contributed by atoms with Crippen LogP contribution in [-0.2, 0) is 0 Å². The van der Waals surface area contributed by atoms with Crippen LogP contribution in [0.5, 0.6) is 0 Å². The molecule has 2 N–H and O–H groups in total. The van der Waals surface area contributed by atoms with Gasteiger partial charge in [0, 0.05) is 13.1 Å². The van der Waals surface area contributed by atoms with Gasteiger partial charge in [0.15, 0.2) is 0 Å². The van der Waals surface area contributed by atoms with Crippen LogP contribution in [0.2, 0.25) is 0 Å². The van der Waals surface area contributed by atoms with Crippen molar-refractivity contribution in [3.05, 3.63) is 29.8 Å². The molecule has 1 aromatic carbocycles. The summed E-state index contributed by atoms with van der Waals surface area (Å²) < 4.78 is 0. The minimum Gasteiger partial charge on any atom is -0.347 e. The van der Waals surface area contributed by atoms with E-state index in [1.165, 1.54) is 0 Å². The standard InChI is InChI=1S/C14H19N3O/c1-2-17-12-7-4-3-6-11(12)13(18)16-14(17)8-5-9-15-10-14/h3-4,6-7,15H,2,5,8-10H2,1H3,(H,16,18). The Kier molecular flexibility index (Phi) is 2.74. The maximum Gasteiger partial charge on any atom is 0.255 e. The number of nitrogens with zero attached hydrogens (tertiary/aromatic N) is 1. The van der Waals surface area contributed by atoms with Crippen molar-refractivity contribution in [1.82, 2.24) is 10.6 Å². The minimum absolute atomic E-state index is 0.0546. The summed E-state index contributed by atoms with van der Waals surface area (Å²) in [7, 11) is 0. The molecule has 4 heteroatoms. The number of benzene rings is 1. The molecular weight excluding hydrogens is 226 g/mol. The molecule has 1 spiro atoms. The van der Waals surface area contributed by atoms with Gasteiger partial charge in [0.25, 0.3) is 5.91 Å². The van der Waals surface area contributed by atoms with Crippen molar-refractivity contribution in [3.63, 3.8) is 0 Å². The monoisotopic (exact) mass is 245 g/mol. The van der Waals surface area contributed by atoms with Gasteiger partial charge in [-0.15, -0.1) is 0 Å². The molecule has 18 heavy (non-hydrogen) atoms. The maximum absolute atomic E-state index is 12.3. The number of nitrogens with one attached hydrogen (secondary N) is 2. The lowest BCUT2D eigenvalue weighted by molar-refractivity contribution is 0.0857. The van der Waals surface area contributed by atoms with Crippen LogP contribution < -0.4 is 15.5 Å². The lowest BCUT2D eigenvalue weighted by Crippen LogP contribution is -2.70. The van der Waals surface area contributed by atoms with Gasteiger partial charge in [-0.25, -0.2) is 0 Å².